The normalized spacial score (nSPS) is 12.4. The van der Waals surface area contributed by atoms with E-state index in [0.717, 1.165) is 0 Å². The van der Waals surface area contributed by atoms with Gasteiger partial charge in [-0.2, -0.15) is 0 Å². The summed E-state index contributed by atoms with van der Waals surface area (Å²) in [4.78, 5) is 0. The van der Waals surface area contributed by atoms with Crippen molar-refractivity contribution in [2.24, 2.45) is 0 Å². The molecule has 0 amide bonds. The van der Waals surface area contributed by atoms with Gasteiger partial charge in [-0.25, -0.2) is 0 Å². The summed E-state index contributed by atoms with van der Waals surface area (Å²) in [5.74, 6) is 0. The Morgan fingerprint density at radius 1 is 0.889 bits per heavy atom. The molecule has 0 aliphatic heterocycles. The smallest absolute Gasteiger partial charge is 0.269 e. The van der Waals surface area contributed by atoms with Crippen molar-refractivity contribution in [3.63, 3.8) is 0 Å². The van der Waals surface area contributed by atoms with Crippen LogP contribution < -0.4 is 0 Å². The van der Waals surface area contributed by atoms with Crippen LogP contribution in [0.2, 0.25) is 0 Å². The monoisotopic (exact) mass is 154 g/mol. The zero-order valence-electron chi connectivity index (χ0n) is 7.03. The third kappa shape index (κ3) is 3.86. The van der Waals surface area contributed by atoms with Crippen molar-refractivity contribution in [1.82, 2.24) is 0 Å². The topological polar surface area (TPSA) is 0 Å². The van der Waals surface area contributed by atoms with Gasteiger partial charge in [0, 0.05) is 0 Å². The first kappa shape index (κ1) is 12.1. The summed E-state index contributed by atoms with van der Waals surface area (Å²) in [6, 6.07) is 0. The van der Waals surface area contributed by atoms with Crippen LogP contribution >= 0.6 is 7.26 Å². The molecule has 0 aliphatic carbocycles. The molecule has 0 rings (SSSR count). The van der Waals surface area contributed by atoms with Crippen molar-refractivity contribution in [3.8, 4) is 0 Å². The van der Waals surface area contributed by atoms with Crippen LogP contribution in [0.25, 0.3) is 0 Å². The minimum Gasteiger partial charge on any atom is -0.269 e. The molecule has 0 aromatic carbocycles. The third-order valence-electron chi connectivity index (χ3n) is 2.56. The summed E-state index contributed by atoms with van der Waals surface area (Å²) in [5.41, 5.74) is 0. The van der Waals surface area contributed by atoms with Crippen molar-refractivity contribution >= 4 is 7.26 Å². The molecule has 9 heavy (non-hydrogen) atoms. The molecule has 2 heteroatoms. The van der Waals surface area contributed by atoms with Crippen LogP contribution in [-0.4, -0.2) is 25.2 Å². The third-order valence-corrected chi connectivity index (χ3v) is 7.68. The van der Waals surface area contributed by atoms with Gasteiger partial charge in [-0.05, 0) is 0 Å². The van der Waals surface area contributed by atoms with Crippen LogP contribution in [0.1, 0.15) is 20.8 Å². The fourth-order valence-electron chi connectivity index (χ4n) is 0.750. The Labute approximate surface area is 58.7 Å². The van der Waals surface area contributed by atoms with Gasteiger partial charge in [0.05, 0.1) is 0 Å². The molecule has 0 fully saturated rings. The quantitative estimate of drug-likeness (QED) is 0.548. The minimum absolute atomic E-state index is 0. The number of rotatable bonds is 3. The Morgan fingerprint density at radius 3 is 1.11 bits per heavy atom. The molecule has 0 N–H and O–H groups in total. The first-order valence-electron chi connectivity index (χ1n) is 3.68. The molecule has 0 aliphatic rings. The van der Waals surface area contributed by atoms with Gasteiger partial charge in [0.2, 0.25) is 0 Å². The second-order valence-electron chi connectivity index (χ2n) is 2.87. The SMILES string of the molecule is CC[PH](C)(CC)CC.F. The molecule has 0 bridgehead atoms. The van der Waals surface area contributed by atoms with Gasteiger partial charge in [0.25, 0.3) is 0 Å². The van der Waals surface area contributed by atoms with Crippen molar-refractivity contribution in [2.45, 2.75) is 20.8 Å². The van der Waals surface area contributed by atoms with E-state index in [4.69, 9.17) is 0 Å². The first-order chi connectivity index (χ1) is 3.68. The van der Waals surface area contributed by atoms with Gasteiger partial charge in [0.15, 0.2) is 0 Å². The Hall–Kier alpha value is 0.360. The standard InChI is InChI=1S/C7H19P.FH/c1-5-8(4,6-2)7-3;/h8H,5-7H2,1-4H3;1H. The maximum atomic E-state index is 2.49. The summed E-state index contributed by atoms with van der Waals surface area (Å²) < 4.78 is 0. The van der Waals surface area contributed by atoms with Crippen molar-refractivity contribution in [3.05, 3.63) is 0 Å². The van der Waals surface area contributed by atoms with Crippen LogP contribution in [0.3, 0.4) is 0 Å². The first-order valence-corrected chi connectivity index (χ1v) is 6.80. The second-order valence-corrected chi connectivity index (χ2v) is 8.61. The number of halogens is 1. The minimum atomic E-state index is -0.671. The van der Waals surface area contributed by atoms with Gasteiger partial charge in [-0.1, -0.05) is 0 Å². The van der Waals surface area contributed by atoms with Gasteiger partial charge < -0.3 is 0 Å². The maximum Gasteiger partial charge on any atom is -0.269 e. The zero-order valence-corrected chi connectivity index (χ0v) is 8.03. The van der Waals surface area contributed by atoms with Gasteiger partial charge in [0.1, 0.15) is 0 Å². The van der Waals surface area contributed by atoms with E-state index in [2.05, 4.69) is 27.4 Å². The van der Waals surface area contributed by atoms with Crippen LogP contribution in [0.5, 0.6) is 0 Å². The largest absolute Gasteiger partial charge is 0.269 e. The van der Waals surface area contributed by atoms with E-state index in [1.54, 1.807) is 0 Å². The predicted octanol–water partition coefficient (Wildman–Crippen LogP) is 2.58. The molecule has 0 saturated carbocycles. The molecule has 0 spiro atoms. The second kappa shape index (κ2) is 5.17. The molecule has 0 atom stereocenters. The molecule has 0 aromatic heterocycles. The average Bonchev–Trinajstić information content (AvgIpc) is 1.87. The molecule has 0 nitrogen and oxygen atoms in total. The Bertz CT molecular complexity index is 51.7. The van der Waals surface area contributed by atoms with E-state index < -0.39 is 7.26 Å². The van der Waals surface area contributed by atoms with Crippen LogP contribution in [0.15, 0.2) is 0 Å². The fraction of sp³-hybridized carbons (Fsp3) is 1.00. The van der Waals surface area contributed by atoms with Crippen LogP contribution in [0.4, 0.5) is 4.70 Å². The van der Waals surface area contributed by atoms with Gasteiger partial charge >= 0.3 is 53.2 Å². The maximum absolute atomic E-state index is 2.49. The Balaban J connectivity index is 0. The van der Waals surface area contributed by atoms with Crippen LogP contribution in [0, 0.1) is 0 Å². The summed E-state index contributed by atoms with van der Waals surface area (Å²) in [7, 11) is -0.671. The molecule has 0 radical (unpaired) electrons. The molecule has 0 saturated heterocycles. The number of hydrogen-bond donors (Lipinski definition) is 0. The van der Waals surface area contributed by atoms with E-state index in [1.165, 1.54) is 18.5 Å². The molecule has 60 valence electrons. The van der Waals surface area contributed by atoms with Crippen LogP contribution in [-0.2, 0) is 0 Å². The summed E-state index contributed by atoms with van der Waals surface area (Å²) >= 11 is 0. The van der Waals surface area contributed by atoms with E-state index in [0.29, 0.717) is 0 Å². The van der Waals surface area contributed by atoms with E-state index in [1.807, 2.05) is 0 Å². The summed E-state index contributed by atoms with van der Waals surface area (Å²) in [6.45, 7) is 9.49. The zero-order chi connectivity index (χ0) is 6.62. The fourth-order valence-corrected chi connectivity index (χ4v) is 2.25. The molecule has 0 heterocycles. The Kier molecular flexibility index (Phi) is 6.94. The summed E-state index contributed by atoms with van der Waals surface area (Å²) in [5, 5.41) is 0. The molecular formula is C7H20FP. The summed E-state index contributed by atoms with van der Waals surface area (Å²) in [6.07, 6.45) is 4.38. The molecule has 0 aromatic rings. The number of hydrogen-bond acceptors (Lipinski definition) is 0. The Morgan fingerprint density at radius 2 is 1.11 bits per heavy atom. The average molecular weight is 154 g/mol. The van der Waals surface area contributed by atoms with E-state index >= 15 is 0 Å². The van der Waals surface area contributed by atoms with Crippen molar-refractivity contribution in [2.75, 3.05) is 25.2 Å². The van der Waals surface area contributed by atoms with E-state index in [-0.39, 0.29) is 4.70 Å². The molecular weight excluding hydrogens is 134 g/mol. The predicted molar refractivity (Wildman–Crippen MR) is 48.4 cm³/mol. The van der Waals surface area contributed by atoms with Crippen molar-refractivity contribution < 1.29 is 4.70 Å². The van der Waals surface area contributed by atoms with Gasteiger partial charge in [-0.3, -0.25) is 4.70 Å². The van der Waals surface area contributed by atoms with Crippen molar-refractivity contribution in [1.29, 1.82) is 0 Å². The molecule has 0 unspecified atom stereocenters. The van der Waals surface area contributed by atoms with Gasteiger partial charge in [-0.15, -0.1) is 0 Å². The van der Waals surface area contributed by atoms with E-state index in [9.17, 15) is 0 Å².